The number of rotatable bonds is 6. The summed E-state index contributed by atoms with van der Waals surface area (Å²) in [6, 6.07) is 2.83. The minimum Gasteiger partial charge on any atom is -0.506 e. The lowest BCUT2D eigenvalue weighted by atomic mass is 10.2. The van der Waals surface area contributed by atoms with Crippen LogP contribution in [0, 0.1) is 10.1 Å². The fourth-order valence-corrected chi connectivity index (χ4v) is 2.25. The smallest absolute Gasteiger partial charge is 0.323 e. The number of anilines is 1. The van der Waals surface area contributed by atoms with Crippen molar-refractivity contribution in [3.63, 3.8) is 0 Å². The summed E-state index contributed by atoms with van der Waals surface area (Å²) in [7, 11) is -4.13. The molecule has 0 bridgehead atoms. The number of non-ortho nitro benzene ring substituents is 1. The van der Waals surface area contributed by atoms with Crippen molar-refractivity contribution >= 4 is 27.4 Å². The highest BCUT2D eigenvalue weighted by Gasteiger charge is 2.20. The van der Waals surface area contributed by atoms with Gasteiger partial charge in [-0.25, -0.2) is 8.42 Å². The number of nitro groups is 1. The lowest BCUT2D eigenvalue weighted by Crippen LogP contribution is -2.24. The van der Waals surface area contributed by atoms with Crippen molar-refractivity contribution in [2.24, 2.45) is 0 Å². The number of sulfonamides is 1. The molecule has 0 radical (unpaired) electrons. The maximum Gasteiger partial charge on any atom is 0.323 e. The van der Waals surface area contributed by atoms with Gasteiger partial charge in [0, 0.05) is 12.1 Å². The van der Waals surface area contributed by atoms with Crippen LogP contribution in [0.5, 0.6) is 5.75 Å². The molecule has 20 heavy (non-hydrogen) atoms. The largest absolute Gasteiger partial charge is 0.506 e. The van der Waals surface area contributed by atoms with Crippen molar-refractivity contribution < 1.29 is 28.0 Å². The van der Waals surface area contributed by atoms with E-state index in [0.29, 0.717) is 0 Å². The lowest BCUT2D eigenvalue weighted by Gasteiger charge is -2.09. The van der Waals surface area contributed by atoms with Crippen LogP contribution in [0.2, 0.25) is 0 Å². The van der Waals surface area contributed by atoms with Gasteiger partial charge in [-0.15, -0.1) is 0 Å². The van der Waals surface area contributed by atoms with Crippen molar-refractivity contribution in [1.29, 1.82) is 0 Å². The number of phenols is 1. The Hall–Kier alpha value is -2.36. The van der Waals surface area contributed by atoms with Gasteiger partial charge in [-0.1, -0.05) is 0 Å². The van der Waals surface area contributed by atoms with Crippen LogP contribution in [-0.4, -0.2) is 36.8 Å². The van der Waals surface area contributed by atoms with Crippen molar-refractivity contribution in [3.8, 4) is 5.75 Å². The molecule has 0 aromatic heterocycles. The van der Waals surface area contributed by atoms with E-state index < -0.39 is 38.1 Å². The molecule has 0 saturated carbocycles. The number of carbonyl (C=O) groups excluding carboxylic acids is 1. The topological polar surface area (TPSA) is 136 Å². The van der Waals surface area contributed by atoms with Crippen LogP contribution in [0.3, 0.4) is 0 Å². The quantitative estimate of drug-likeness (QED) is 0.340. The molecule has 0 unspecified atom stereocenters. The Morgan fingerprint density at radius 2 is 2.15 bits per heavy atom. The SMILES string of the molecule is CCOC(=O)CS(=O)(=O)Nc1cc([N+](=O)[O-])ccc1O. The Kier molecular flexibility index (Phi) is 4.86. The molecule has 1 aromatic rings. The van der Waals surface area contributed by atoms with E-state index in [-0.39, 0.29) is 12.3 Å². The monoisotopic (exact) mass is 304 g/mol. The molecule has 0 amide bonds. The highest BCUT2D eigenvalue weighted by molar-refractivity contribution is 7.93. The predicted octanol–water partition coefficient (Wildman–Crippen LogP) is 0.605. The zero-order valence-corrected chi connectivity index (χ0v) is 11.2. The van der Waals surface area contributed by atoms with Crippen molar-refractivity contribution in [2.45, 2.75) is 6.92 Å². The van der Waals surface area contributed by atoms with Gasteiger partial charge < -0.3 is 9.84 Å². The van der Waals surface area contributed by atoms with Crippen molar-refractivity contribution in [2.75, 3.05) is 17.1 Å². The van der Waals surface area contributed by atoms with E-state index in [1.807, 2.05) is 4.72 Å². The summed E-state index contributed by atoms with van der Waals surface area (Å²) >= 11 is 0. The molecule has 0 saturated heterocycles. The van der Waals surface area contributed by atoms with Crippen molar-refractivity contribution in [3.05, 3.63) is 28.3 Å². The van der Waals surface area contributed by atoms with Crippen LogP contribution in [0.4, 0.5) is 11.4 Å². The Morgan fingerprint density at radius 1 is 1.50 bits per heavy atom. The Labute approximate surface area is 114 Å². The second-order valence-electron chi connectivity index (χ2n) is 3.62. The van der Waals surface area contributed by atoms with Crippen LogP contribution in [-0.2, 0) is 19.6 Å². The van der Waals surface area contributed by atoms with Gasteiger partial charge in [0.05, 0.1) is 17.2 Å². The van der Waals surface area contributed by atoms with E-state index in [9.17, 15) is 28.4 Å². The van der Waals surface area contributed by atoms with Gasteiger partial charge in [-0.05, 0) is 13.0 Å². The molecular formula is C10H12N2O7S. The minimum atomic E-state index is -4.13. The number of carbonyl (C=O) groups is 1. The van der Waals surface area contributed by atoms with Crippen molar-refractivity contribution in [1.82, 2.24) is 0 Å². The Balaban J connectivity index is 2.94. The number of nitrogens with one attached hydrogen (secondary N) is 1. The second kappa shape index (κ2) is 6.19. The second-order valence-corrected chi connectivity index (χ2v) is 5.35. The standard InChI is InChI=1S/C10H12N2O7S/c1-2-19-10(14)6-20(17,18)11-8-5-7(12(15)16)3-4-9(8)13/h3-5,11,13H,2,6H2,1H3. The maximum atomic E-state index is 11.6. The molecule has 0 atom stereocenters. The highest BCUT2D eigenvalue weighted by atomic mass is 32.2. The molecule has 10 heteroatoms. The molecule has 2 N–H and O–H groups in total. The number of hydrogen-bond acceptors (Lipinski definition) is 7. The van der Waals surface area contributed by atoms with Gasteiger partial charge in [0.25, 0.3) is 5.69 Å². The van der Waals surface area contributed by atoms with E-state index in [0.717, 1.165) is 18.2 Å². The number of esters is 1. The number of hydrogen-bond donors (Lipinski definition) is 2. The third kappa shape index (κ3) is 4.39. The summed E-state index contributed by atoms with van der Waals surface area (Å²) < 4.78 is 29.6. The van der Waals surface area contributed by atoms with E-state index in [2.05, 4.69) is 4.74 Å². The molecule has 1 aromatic carbocycles. The third-order valence-corrected chi connectivity index (χ3v) is 3.22. The average molecular weight is 304 g/mol. The number of benzene rings is 1. The first kappa shape index (κ1) is 15.7. The number of ether oxygens (including phenoxy) is 1. The Bertz CT molecular complexity index is 626. The van der Waals surface area contributed by atoms with Gasteiger partial charge in [-0.3, -0.25) is 19.6 Å². The zero-order chi connectivity index (χ0) is 15.3. The van der Waals surface area contributed by atoms with E-state index in [1.54, 1.807) is 0 Å². The highest BCUT2D eigenvalue weighted by Crippen LogP contribution is 2.28. The van der Waals surface area contributed by atoms with Crippen LogP contribution in [0.15, 0.2) is 18.2 Å². The molecule has 0 aliphatic rings. The van der Waals surface area contributed by atoms with Gasteiger partial charge in [-0.2, -0.15) is 0 Å². The zero-order valence-electron chi connectivity index (χ0n) is 10.4. The summed E-state index contributed by atoms with van der Waals surface area (Å²) in [6.07, 6.45) is 0. The minimum absolute atomic E-state index is 0.0242. The molecule has 0 fully saturated rings. The molecule has 9 nitrogen and oxygen atoms in total. The Morgan fingerprint density at radius 3 is 2.70 bits per heavy atom. The first-order chi connectivity index (χ1) is 9.25. The van der Waals surface area contributed by atoms with Crippen LogP contribution >= 0.6 is 0 Å². The first-order valence-corrected chi connectivity index (χ1v) is 7.04. The normalized spacial score (nSPS) is 10.8. The summed E-state index contributed by atoms with van der Waals surface area (Å²) in [6.45, 7) is 1.54. The molecule has 0 spiro atoms. The first-order valence-electron chi connectivity index (χ1n) is 5.38. The van der Waals surface area contributed by atoms with Gasteiger partial charge >= 0.3 is 5.97 Å². The summed E-state index contributed by atoms with van der Waals surface area (Å²) in [5, 5.41) is 20.0. The summed E-state index contributed by atoms with van der Waals surface area (Å²) in [4.78, 5) is 20.9. The average Bonchev–Trinajstić information content (AvgIpc) is 2.30. The fraction of sp³-hybridized carbons (Fsp3) is 0.300. The summed E-state index contributed by atoms with van der Waals surface area (Å²) in [5.41, 5.74) is -0.792. The molecule has 1 rings (SSSR count). The van der Waals surface area contributed by atoms with Gasteiger partial charge in [0.2, 0.25) is 10.0 Å². The molecule has 0 aliphatic heterocycles. The maximum absolute atomic E-state index is 11.6. The van der Waals surface area contributed by atoms with E-state index in [4.69, 9.17) is 0 Å². The van der Waals surface area contributed by atoms with Gasteiger partial charge in [0.15, 0.2) is 5.75 Å². The fourth-order valence-electron chi connectivity index (χ4n) is 1.28. The van der Waals surface area contributed by atoms with Crippen LogP contribution in [0.1, 0.15) is 6.92 Å². The number of nitro benzene ring substituents is 1. The molecular weight excluding hydrogens is 292 g/mol. The van der Waals surface area contributed by atoms with E-state index in [1.165, 1.54) is 6.92 Å². The molecule has 0 heterocycles. The number of phenolic OH excluding ortho intramolecular Hbond substituents is 1. The van der Waals surface area contributed by atoms with Gasteiger partial charge in [0.1, 0.15) is 5.75 Å². The predicted molar refractivity (Wildman–Crippen MR) is 68.8 cm³/mol. The molecule has 0 aliphatic carbocycles. The van der Waals surface area contributed by atoms with E-state index >= 15 is 0 Å². The van der Waals surface area contributed by atoms with Crippen LogP contribution in [0.25, 0.3) is 0 Å². The number of nitrogens with zero attached hydrogens (tertiary/aromatic N) is 1. The third-order valence-electron chi connectivity index (χ3n) is 2.07. The summed E-state index contributed by atoms with van der Waals surface area (Å²) in [5.74, 6) is -2.42. The molecule has 110 valence electrons. The number of aromatic hydroxyl groups is 1. The lowest BCUT2D eigenvalue weighted by molar-refractivity contribution is -0.384. The van der Waals surface area contributed by atoms with Crippen LogP contribution < -0.4 is 4.72 Å².